The quantitative estimate of drug-likeness (QED) is 0.810. The summed E-state index contributed by atoms with van der Waals surface area (Å²) >= 11 is 5.74. The zero-order valence-electron chi connectivity index (χ0n) is 7.01. The number of carboxylic acids is 1. The monoisotopic (exact) mass is 211 g/mol. The molecule has 0 aliphatic heterocycles. The molecule has 0 aliphatic rings. The molecule has 1 aromatic carbocycles. The molecule has 1 heterocycles. The molecule has 0 atom stereocenters. The van der Waals surface area contributed by atoms with Crippen LogP contribution >= 0.6 is 11.6 Å². The summed E-state index contributed by atoms with van der Waals surface area (Å²) in [6.45, 7) is -0.196. The van der Waals surface area contributed by atoms with Crippen LogP contribution in [-0.2, 0) is 11.3 Å². The Labute approximate surface area is 83.9 Å². The molecule has 0 radical (unpaired) electrons. The van der Waals surface area contributed by atoms with E-state index in [0.29, 0.717) is 16.1 Å². The molecule has 0 saturated heterocycles. The predicted molar refractivity (Wildman–Crippen MR) is 50.2 cm³/mol. The molecule has 5 nitrogen and oxygen atoms in total. The summed E-state index contributed by atoms with van der Waals surface area (Å²) in [6, 6.07) is 5.01. The van der Waals surface area contributed by atoms with Crippen molar-refractivity contribution in [1.82, 2.24) is 15.0 Å². The van der Waals surface area contributed by atoms with Gasteiger partial charge < -0.3 is 5.11 Å². The molecule has 0 amide bonds. The number of rotatable bonds is 2. The Morgan fingerprint density at radius 1 is 1.57 bits per heavy atom. The number of aliphatic carboxylic acids is 1. The lowest BCUT2D eigenvalue weighted by Gasteiger charge is -1.96. The fraction of sp³-hybridized carbons (Fsp3) is 0.125. The summed E-state index contributed by atoms with van der Waals surface area (Å²) < 4.78 is 1.31. The second kappa shape index (κ2) is 3.26. The van der Waals surface area contributed by atoms with Crippen molar-refractivity contribution in [2.45, 2.75) is 6.54 Å². The van der Waals surface area contributed by atoms with Crippen LogP contribution in [0.1, 0.15) is 0 Å². The number of nitrogens with zero attached hydrogens (tertiary/aromatic N) is 3. The van der Waals surface area contributed by atoms with Gasteiger partial charge in [0.2, 0.25) is 0 Å². The summed E-state index contributed by atoms with van der Waals surface area (Å²) in [4.78, 5) is 10.5. The van der Waals surface area contributed by atoms with Crippen molar-refractivity contribution < 1.29 is 9.90 Å². The number of hydrogen-bond acceptors (Lipinski definition) is 3. The van der Waals surface area contributed by atoms with Crippen molar-refractivity contribution in [2.24, 2.45) is 0 Å². The van der Waals surface area contributed by atoms with E-state index in [2.05, 4.69) is 10.3 Å². The molecule has 2 rings (SSSR count). The van der Waals surface area contributed by atoms with Crippen LogP contribution in [0.3, 0.4) is 0 Å². The molecular formula is C8H6ClN3O2. The van der Waals surface area contributed by atoms with E-state index in [-0.39, 0.29) is 6.54 Å². The van der Waals surface area contributed by atoms with Crippen LogP contribution in [0.5, 0.6) is 0 Å². The number of halogens is 1. The Kier molecular flexibility index (Phi) is 2.09. The van der Waals surface area contributed by atoms with Gasteiger partial charge in [0.1, 0.15) is 12.1 Å². The molecule has 6 heteroatoms. The molecule has 1 aromatic heterocycles. The summed E-state index contributed by atoms with van der Waals surface area (Å²) in [7, 11) is 0. The highest BCUT2D eigenvalue weighted by molar-refractivity contribution is 6.31. The summed E-state index contributed by atoms with van der Waals surface area (Å²) in [5, 5.41) is 16.6. The van der Waals surface area contributed by atoms with Crippen LogP contribution in [0, 0.1) is 0 Å². The van der Waals surface area contributed by atoms with Crippen molar-refractivity contribution >= 4 is 28.6 Å². The Morgan fingerprint density at radius 2 is 2.36 bits per heavy atom. The van der Waals surface area contributed by atoms with Gasteiger partial charge in [0.25, 0.3) is 0 Å². The van der Waals surface area contributed by atoms with Gasteiger partial charge in [-0.25, -0.2) is 4.68 Å². The number of carbonyl (C=O) groups is 1. The first kappa shape index (κ1) is 8.96. The molecule has 1 N–H and O–H groups in total. The first-order chi connectivity index (χ1) is 6.66. The summed E-state index contributed by atoms with van der Waals surface area (Å²) in [6.07, 6.45) is 0. The fourth-order valence-corrected chi connectivity index (χ4v) is 1.36. The zero-order valence-corrected chi connectivity index (χ0v) is 7.77. The van der Waals surface area contributed by atoms with Gasteiger partial charge in [0.15, 0.2) is 0 Å². The number of benzene rings is 1. The predicted octanol–water partition coefficient (Wildman–Crippen LogP) is 1.17. The van der Waals surface area contributed by atoms with Crippen molar-refractivity contribution in [3.8, 4) is 0 Å². The SMILES string of the molecule is O=C(O)Cn1nnc2cc(Cl)ccc21. The molecule has 0 unspecified atom stereocenters. The van der Waals surface area contributed by atoms with E-state index in [9.17, 15) is 4.79 Å². The van der Waals surface area contributed by atoms with Crippen molar-refractivity contribution in [3.63, 3.8) is 0 Å². The smallest absolute Gasteiger partial charge is 0.325 e. The molecule has 0 saturated carbocycles. The lowest BCUT2D eigenvalue weighted by Crippen LogP contribution is -2.09. The standard InChI is InChI=1S/C8H6ClN3O2/c9-5-1-2-7-6(3-5)10-11-12(7)4-8(13)14/h1-3H,4H2,(H,13,14). The first-order valence-corrected chi connectivity index (χ1v) is 4.25. The van der Waals surface area contributed by atoms with Crippen LogP contribution < -0.4 is 0 Å². The second-order valence-electron chi connectivity index (χ2n) is 2.77. The van der Waals surface area contributed by atoms with Crippen LogP contribution in [0.15, 0.2) is 18.2 Å². The van der Waals surface area contributed by atoms with E-state index in [1.165, 1.54) is 4.68 Å². The van der Waals surface area contributed by atoms with E-state index in [1.54, 1.807) is 18.2 Å². The third kappa shape index (κ3) is 1.54. The van der Waals surface area contributed by atoms with E-state index in [0.717, 1.165) is 0 Å². The van der Waals surface area contributed by atoms with E-state index >= 15 is 0 Å². The summed E-state index contributed by atoms with van der Waals surface area (Å²) in [5.41, 5.74) is 1.26. The van der Waals surface area contributed by atoms with Crippen LogP contribution in [0.2, 0.25) is 5.02 Å². The van der Waals surface area contributed by atoms with Gasteiger partial charge in [-0.1, -0.05) is 16.8 Å². The highest BCUT2D eigenvalue weighted by atomic mass is 35.5. The lowest BCUT2D eigenvalue weighted by atomic mass is 10.3. The largest absolute Gasteiger partial charge is 0.480 e. The third-order valence-corrected chi connectivity index (χ3v) is 2.00. The maximum absolute atomic E-state index is 10.5. The minimum atomic E-state index is -0.952. The van der Waals surface area contributed by atoms with Crippen LogP contribution in [0.25, 0.3) is 11.0 Å². The maximum atomic E-state index is 10.5. The Balaban J connectivity index is 2.52. The summed E-state index contributed by atoms with van der Waals surface area (Å²) in [5.74, 6) is -0.952. The van der Waals surface area contributed by atoms with Crippen molar-refractivity contribution in [1.29, 1.82) is 0 Å². The van der Waals surface area contributed by atoms with Gasteiger partial charge in [0, 0.05) is 5.02 Å². The topological polar surface area (TPSA) is 68.0 Å². The van der Waals surface area contributed by atoms with Gasteiger partial charge in [-0.2, -0.15) is 0 Å². The van der Waals surface area contributed by atoms with Gasteiger partial charge >= 0.3 is 5.97 Å². The average molecular weight is 212 g/mol. The molecular weight excluding hydrogens is 206 g/mol. The highest BCUT2D eigenvalue weighted by Gasteiger charge is 2.07. The zero-order chi connectivity index (χ0) is 10.1. The van der Waals surface area contributed by atoms with Crippen molar-refractivity contribution in [2.75, 3.05) is 0 Å². The Hall–Kier alpha value is -1.62. The molecule has 0 spiro atoms. The highest BCUT2D eigenvalue weighted by Crippen LogP contribution is 2.16. The van der Waals surface area contributed by atoms with Crippen LogP contribution in [0.4, 0.5) is 0 Å². The Bertz CT molecular complexity index is 494. The minimum absolute atomic E-state index is 0.196. The number of carboxylic acid groups (broad SMARTS) is 1. The number of fused-ring (bicyclic) bond motifs is 1. The number of hydrogen-bond donors (Lipinski definition) is 1. The van der Waals surface area contributed by atoms with Gasteiger partial charge in [-0.3, -0.25) is 4.79 Å². The molecule has 0 aliphatic carbocycles. The third-order valence-electron chi connectivity index (χ3n) is 1.76. The average Bonchev–Trinajstić information content (AvgIpc) is 2.47. The minimum Gasteiger partial charge on any atom is -0.480 e. The molecule has 14 heavy (non-hydrogen) atoms. The Morgan fingerprint density at radius 3 is 3.07 bits per heavy atom. The van der Waals surface area contributed by atoms with E-state index in [4.69, 9.17) is 16.7 Å². The fourth-order valence-electron chi connectivity index (χ4n) is 1.19. The van der Waals surface area contributed by atoms with Gasteiger partial charge in [-0.05, 0) is 18.2 Å². The van der Waals surface area contributed by atoms with E-state index in [1.807, 2.05) is 0 Å². The lowest BCUT2D eigenvalue weighted by molar-refractivity contribution is -0.137. The van der Waals surface area contributed by atoms with Crippen molar-refractivity contribution in [3.05, 3.63) is 23.2 Å². The second-order valence-corrected chi connectivity index (χ2v) is 3.21. The first-order valence-electron chi connectivity index (χ1n) is 3.87. The van der Waals surface area contributed by atoms with Gasteiger partial charge in [0.05, 0.1) is 5.52 Å². The normalized spacial score (nSPS) is 10.6. The van der Waals surface area contributed by atoms with E-state index < -0.39 is 5.97 Å². The molecule has 0 fully saturated rings. The molecule has 72 valence electrons. The molecule has 0 bridgehead atoms. The maximum Gasteiger partial charge on any atom is 0.325 e. The van der Waals surface area contributed by atoms with Gasteiger partial charge in [-0.15, -0.1) is 5.10 Å². The van der Waals surface area contributed by atoms with Crippen LogP contribution in [-0.4, -0.2) is 26.1 Å². The molecule has 2 aromatic rings. The number of aromatic nitrogens is 3.